The first-order valence-electron chi connectivity index (χ1n) is 9.33. The van der Waals surface area contributed by atoms with Gasteiger partial charge in [-0.1, -0.05) is 65.8 Å². The van der Waals surface area contributed by atoms with Gasteiger partial charge in [0.05, 0.1) is 22.0 Å². The number of halogens is 1. The normalized spacial score (nSPS) is 11.0. The van der Waals surface area contributed by atoms with E-state index in [9.17, 15) is 9.59 Å². The van der Waals surface area contributed by atoms with Gasteiger partial charge < -0.3 is 5.32 Å². The lowest BCUT2D eigenvalue weighted by Gasteiger charge is -2.10. The van der Waals surface area contributed by atoms with Crippen LogP contribution < -0.4 is 10.9 Å². The smallest absolute Gasteiger partial charge is 0.272 e. The van der Waals surface area contributed by atoms with E-state index in [1.54, 1.807) is 28.8 Å². The molecule has 5 nitrogen and oxygen atoms in total. The Morgan fingerprint density at radius 3 is 2.63 bits per heavy atom. The monoisotopic (exact) mass is 455 g/mol. The van der Waals surface area contributed by atoms with Crippen molar-refractivity contribution >= 4 is 56.5 Å². The topological polar surface area (TPSA) is 64.0 Å². The molecule has 0 fully saturated rings. The highest BCUT2D eigenvalue weighted by Gasteiger charge is 2.16. The number of thioether (sulfide) groups is 1. The van der Waals surface area contributed by atoms with Gasteiger partial charge in [-0.2, -0.15) is 0 Å². The number of carbonyl (C=O) groups excluding carboxylic acids is 1. The number of hydrogen-bond donors (Lipinski definition) is 1. The molecule has 2 aromatic carbocycles. The minimum Gasteiger partial charge on any atom is -0.324 e. The first-order valence-corrected chi connectivity index (χ1v) is 11.5. The Labute approximate surface area is 186 Å². The molecule has 0 aliphatic rings. The Morgan fingerprint density at radius 2 is 1.90 bits per heavy atom. The van der Waals surface area contributed by atoms with E-state index in [-0.39, 0.29) is 17.2 Å². The molecule has 0 radical (unpaired) electrons. The van der Waals surface area contributed by atoms with Crippen LogP contribution in [0, 0.1) is 0 Å². The van der Waals surface area contributed by atoms with E-state index >= 15 is 0 Å². The van der Waals surface area contributed by atoms with E-state index < -0.39 is 0 Å². The highest BCUT2D eigenvalue weighted by molar-refractivity contribution is 7.99. The number of anilines is 1. The zero-order chi connectivity index (χ0) is 21.1. The van der Waals surface area contributed by atoms with Crippen molar-refractivity contribution < 1.29 is 4.79 Å². The molecule has 0 unspecified atom stereocenters. The first kappa shape index (κ1) is 20.7. The standard InChI is InChI=1S/C22H18ClN3O2S2/c1-2-26-21(28)20-17(12-18(30-20)14-8-4-3-5-9-14)25-22(26)29-13-19(27)24-16-11-7-6-10-15(16)23/h3-12H,2,13H2,1H3,(H,24,27). The second kappa shape index (κ2) is 9.04. The van der Waals surface area contributed by atoms with Gasteiger partial charge in [-0.3, -0.25) is 14.2 Å². The van der Waals surface area contributed by atoms with Crippen LogP contribution in [0.25, 0.3) is 20.7 Å². The maximum atomic E-state index is 13.0. The van der Waals surface area contributed by atoms with E-state index in [1.165, 1.54) is 23.1 Å². The van der Waals surface area contributed by atoms with Crippen LogP contribution in [-0.2, 0) is 11.3 Å². The Hall–Kier alpha value is -2.61. The van der Waals surface area contributed by atoms with Gasteiger partial charge >= 0.3 is 0 Å². The van der Waals surface area contributed by atoms with Crippen LogP contribution in [0.15, 0.2) is 70.6 Å². The average molecular weight is 456 g/mol. The Balaban J connectivity index is 1.59. The summed E-state index contributed by atoms with van der Waals surface area (Å²) >= 11 is 8.78. The molecule has 0 aliphatic carbocycles. The summed E-state index contributed by atoms with van der Waals surface area (Å²) < 4.78 is 2.24. The molecule has 0 spiro atoms. The number of fused-ring (bicyclic) bond motifs is 1. The summed E-state index contributed by atoms with van der Waals surface area (Å²) in [4.78, 5) is 31.1. The molecule has 0 aliphatic heterocycles. The Morgan fingerprint density at radius 1 is 1.17 bits per heavy atom. The van der Waals surface area contributed by atoms with E-state index in [0.29, 0.717) is 32.6 Å². The molecule has 1 N–H and O–H groups in total. The molecule has 0 saturated heterocycles. The second-order valence-corrected chi connectivity index (χ2v) is 8.85. The molecule has 30 heavy (non-hydrogen) atoms. The molecule has 0 bridgehead atoms. The van der Waals surface area contributed by atoms with Crippen LogP contribution in [-0.4, -0.2) is 21.2 Å². The fraction of sp³-hybridized carbons (Fsp3) is 0.136. The summed E-state index contributed by atoms with van der Waals surface area (Å²) in [7, 11) is 0. The number of hydrogen-bond acceptors (Lipinski definition) is 5. The van der Waals surface area contributed by atoms with Crippen molar-refractivity contribution in [2.75, 3.05) is 11.1 Å². The highest BCUT2D eigenvalue weighted by atomic mass is 35.5. The molecule has 1 amide bonds. The largest absolute Gasteiger partial charge is 0.324 e. The number of aromatic nitrogens is 2. The third kappa shape index (κ3) is 4.28. The maximum Gasteiger partial charge on any atom is 0.272 e. The number of amides is 1. The fourth-order valence-electron chi connectivity index (χ4n) is 3.00. The van der Waals surface area contributed by atoms with Gasteiger partial charge in [-0.25, -0.2) is 4.98 Å². The lowest BCUT2D eigenvalue weighted by atomic mass is 10.2. The molecular formula is C22H18ClN3O2S2. The van der Waals surface area contributed by atoms with Crippen molar-refractivity contribution in [2.45, 2.75) is 18.6 Å². The summed E-state index contributed by atoms with van der Waals surface area (Å²) in [5.41, 5.74) is 2.19. The number of nitrogens with one attached hydrogen (secondary N) is 1. The molecule has 152 valence electrons. The van der Waals surface area contributed by atoms with Gasteiger partial charge in [-0.05, 0) is 30.7 Å². The van der Waals surface area contributed by atoms with Gasteiger partial charge in [0.2, 0.25) is 5.91 Å². The predicted octanol–water partition coefficient (Wildman–Crippen LogP) is 5.53. The van der Waals surface area contributed by atoms with Crippen molar-refractivity contribution in [3.05, 3.63) is 76.0 Å². The van der Waals surface area contributed by atoms with Gasteiger partial charge in [0.1, 0.15) is 4.70 Å². The molecule has 2 heterocycles. The number of thiophene rings is 1. The van der Waals surface area contributed by atoms with E-state index in [0.717, 1.165) is 10.4 Å². The molecule has 0 atom stereocenters. The SMILES string of the molecule is CCn1c(SCC(=O)Nc2ccccc2Cl)nc2cc(-c3ccccc3)sc2c1=O. The minimum atomic E-state index is -0.208. The van der Waals surface area contributed by atoms with Gasteiger partial charge in [0.25, 0.3) is 5.56 Å². The van der Waals surface area contributed by atoms with Gasteiger partial charge in [0.15, 0.2) is 5.16 Å². The number of carbonyl (C=O) groups is 1. The van der Waals surface area contributed by atoms with Crippen molar-refractivity contribution in [3.8, 4) is 10.4 Å². The van der Waals surface area contributed by atoms with Crippen LogP contribution in [0.2, 0.25) is 5.02 Å². The number of nitrogens with zero attached hydrogens (tertiary/aromatic N) is 2. The van der Waals surface area contributed by atoms with Gasteiger partial charge in [0, 0.05) is 11.4 Å². The first-order chi connectivity index (χ1) is 14.6. The molecule has 8 heteroatoms. The molecule has 2 aromatic heterocycles. The molecule has 0 saturated carbocycles. The second-order valence-electron chi connectivity index (χ2n) is 6.45. The summed E-state index contributed by atoms with van der Waals surface area (Å²) in [6.07, 6.45) is 0. The minimum absolute atomic E-state index is 0.0799. The predicted molar refractivity (Wildman–Crippen MR) is 126 cm³/mol. The lowest BCUT2D eigenvalue weighted by Crippen LogP contribution is -2.22. The Bertz CT molecular complexity index is 1270. The van der Waals surface area contributed by atoms with Gasteiger partial charge in [-0.15, -0.1) is 11.3 Å². The number of benzene rings is 2. The third-order valence-corrected chi connectivity index (χ3v) is 6.92. The number of para-hydroxylation sites is 1. The third-order valence-electron chi connectivity index (χ3n) is 4.45. The molecular weight excluding hydrogens is 438 g/mol. The quantitative estimate of drug-likeness (QED) is 0.306. The van der Waals surface area contributed by atoms with E-state index in [4.69, 9.17) is 11.6 Å². The zero-order valence-electron chi connectivity index (χ0n) is 16.1. The van der Waals surface area contributed by atoms with Crippen molar-refractivity contribution in [1.82, 2.24) is 9.55 Å². The van der Waals surface area contributed by atoms with Crippen molar-refractivity contribution in [2.24, 2.45) is 0 Å². The van der Waals surface area contributed by atoms with Crippen LogP contribution in [0.3, 0.4) is 0 Å². The summed E-state index contributed by atoms with van der Waals surface area (Å²) in [5, 5.41) is 3.80. The lowest BCUT2D eigenvalue weighted by molar-refractivity contribution is -0.113. The Kier molecular flexibility index (Phi) is 6.22. The molecule has 4 aromatic rings. The summed E-state index contributed by atoms with van der Waals surface area (Å²) in [6.45, 7) is 2.38. The summed E-state index contributed by atoms with van der Waals surface area (Å²) in [6, 6.07) is 18.9. The van der Waals surface area contributed by atoms with Crippen LogP contribution in [0.5, 0.6) is 0 Å². The molecule has 4 rings (SSSR count). The average Bonchev–Trinajstić information content (AvgIpc) is 3.19. The summed E-state index contributed by atoms with van der Waals surface area (Å²) in [5.74, 6) is -0.0841. The fourth-order valence-corrected chi connectivity index (χ4v) is 5.10. The van der Waals surface area contributed by atoms with E-state index in [1.807, 2.05) is 43.3 Å². The van der Waals surface area contributed by atoms with E-state index in [2.05, 4.69) is 10.3 Å². The highest BCUT2D eigenvalue weighted by Crippen LogP contribution is 2.32. The number of rotatable bonds is 6. The maximum absolute atomic E-state index is 13.0. The van der Waals surface area contributed by atoms with Crippen molar-refractivity contribution in [1.29, 1.82) is 0 Å². The van der Waals surface area contributed by atoms with Crippen molar-refractivity contribution in [3.63, 3.8) is 0 Å². The van der Waals surface area contributed by atoms with Crippen LogP contribution in [0.1, 0.15) is 6.92 Å². The van der Waals surface area contributed by atoms with Crippen LogP contribution >= 0.6 is 34.7 Å². The van der Waals surface area contributed by atoms with Crippen LogP contribution in [0.4, 0.5) is 5.69 Å². The zero-order valence-corrected chi connectivity index (χ0v) is 18.5.